The third kappa shape index (κ3) is 12.6. The Morgan fingerprint density at radius 1 is 0.576 bits per heavy atom. The zero-order chi connectivity index (χ0) is 72.9. The molecule has 0 amide bonds. The van der Waals surface area contributed by atoms with Crippen LogP contribution in [0, 0.1) is 56.7 Å². The number of rotatable bonds is 15. The summed E-state index contributed by atoms with van der Waals surface area (Å²) < 4.78 is 63.8. The Bertz CT molecular complexity index is 2880. The largest absolute Gasteiger partial charge is 0.405 e. The van der Waals surface area contributed by atoms with Crippen molar-refractivity contribution in [3.8, 4) is 0 Å². The molecule has 11 aliphatic rings. The van der Waals surface area contributed by atoms with Crippen LogP contribution in [0.4, 0.5) is 0 Å². The molecule has 6 saturated heterocycles. The van der Waals surface area contributed by atoms with E-state index in [9.17, 15) is 112 Å². The zero-order valence-corrected chi connectivity index (χ0v) is 56.6. The molecule has 6 aliphatic heterocycles. The maximum atomic E-state index is 15.4. The molecule has 34 nitrogen and oxygen atoms in total. The molecule has 5 aliphatic carbocycles. The van der Waals surface area contributed by atoms with Gasteiger partial charge < -0.3 is 164 Å². The summed E-state index contributed by atoms with van der Waals surface area (Å²) in [5, 5.41) is 245. The Morgan fingerprint density at radius 2 is 1.19 bits per heavy atom. The minimum Gasteiger partial charge on any atom is -0.405 e. The van der Waals surface area contributed by atoms with E-state index in [1.54, 1.807) is 0 Å². The lowest BCUT2D eigenvalue weighted by atomic mass is 9.34. The molecule has 4 saturated carbocycles. The lowest BCUT2D eigenvalue weighted by Gasteiger charge is -2.71. The van der Waals surface area contributed by atoms with Crippen molar-refractivity contribution < 1.29 is 169 Å². The Balaban J connectivity index is 0.855. The number of aliphatic hydroxyl groups excluding tert-OH is 19. The molecule has 34 heteroatoms. The second kappa shape index (κ2) is 27.6. The van der Waals surface area contributed by atoms with Crippen molar-refractivity contribution in [3.05, 3.63) is 11.6 Å². The molecule has 0 bridgehead atoms. The monoisotopic (exact) mass is 1430 g/mol. The second-order valence-corrected chi connectivity index (χ2v) is 32.0. The highest BCUT2D eigenvalue weighted by molar-refractivity contribution is 5.74. The van der Waals surface area contributed by atoms with Gasteiger partial charge in [-0.05, 0) is 117 Å². The summed E-state index contributed by atoms with van der Waals surface area (Å²) in [5.74, 6) is -16.6. The van der Waals surface area contributed by atoms with Crippen LogP contribution in [-0.2, 0) is 56.9 Å². The number of carbonyl (C=O) groups excluding carboxylic acids is 1. The van der Waals surface area contributed by atoms with Gasteiger partial charge in [-0.2, -0.15) is 0 Å². The van der Waals surface area contributed by atoms with Crippen molar-refractivity contribution >= 4 is 5.97 Å². The van der Waals surface area contributed by atoms with E-state index in [2.05, 4.69) is 26.8 Å². The number of hydrogen-bond acceptors (Lipinski definition) is 34. The smallest absolute Gasteiger partial charge is 0.357 e. The fourth-order valence-electron chi connectivity index (χ4n) is 19.8. The summed E-state index contributed by atoms with van der Waals surface area (Å²) in [6.45, 7) is 10.8. The van der Waals surface area contributed by atoms with E-state index >= 15 is 4.79 Å². The van der Waals surface area contributed by atoms with E-state index in [-0.39, 0.29) is 30.6 Å². The molecule has 0 aromatic rings. The van der Waals surface area contributed by atoms with Crippen molar-refractivity contribution in [3.63, 3.8) is 0 Å². The van der Waals surface area contributed by atoms with Gasteiger partial charge in [-0.3, -0.25) is 4.79 Å². The highest BCUT2D eigenvalue weighted by atomic mass is 16.9. The molecule has 0 aromatic heterocycles. The van der Waals surface area contributed by atoms with Gasteiger partial charge in [0, 0.05) is 5.41 Å². The maximum absolute atomic E-state index is 15.4. The standard InChI is InChI=1S/C65H106O34/c1-24-37(70)42(75)47(80)56(91-24)92-49-32(20-67)95-63(86,52(84)48(49)81)90-22-33-41(74)46(79)54(98-64(87)51(83)44(77)40(73)31(19-66)94-64)65(88,96-33)99-55(85)28-18-57(3,4)17-27-26(28)11-15-60(7)29(27)9-10-35-58(5)14-13-36(59(6,23-68)34(58)12-16-61(35,60)8)97-62(50(82)43(76)38(71)25(2)93-62)53-45(78)39(72)30(69)21-89-53/h9,24-28,30-54,56,66-84,86-88H,10-23H2,1-8H3. The number of fused-ring (bicyclic) bond motifs is 7. The Kier molecular flexibility index (Phi) is 21.8. The molecule has 10 fully saturated rings. The second-order valence-electron chi connectivity index (χ2n) is 32.0. The first-order valence-corrected chi connectivity index (χ1v) is 34.5. The molecule has 6 heterocycles. The number of carbonyl (C=O) groups is 1. The summed E-state index contributed by atoms with van der Waals surface area (Å²) in [6.07, 6.45) is -44.2. The number of ether oxygens (including phenoxy) is 11. The molecular weight excluding hydrogens is 1320 g/mol. The molecule has 39 unspecified atom stereocenters. The molecule has 0 spiro atoms. The van der Waals surface area contributed by atoms with Gasteiger partial charge in [0.25, 0.3) is 0 Å². The van der Waals surface area contributed by atoms with Crippen LogP contribution in [0.25, 0.3) is 0 Å². The summed E-state index contributed by atoms with van der Waals surface area (Å²) in [5.41, 5.74) is -2.16. The van der Waals surface area contributed by atoms with Crippen LogP contribution in [0.3, 0.4) is 0 Å². The molecule has 22 N–H and O–H groups in total. The first-order chi connectivity index (χ1) is 46.0. The van der Waals surface area contributed by atoms with E-state index in [0.29, 0.717) is 44.9 Å². The molecule has 570 valence electrons. The van der Waals surface area contributed by atoms with Gasteiger partial charge in [0.1, 0.15) is 116 Å². The normalized spacial score (nSPS) is 56.9. The van der Waals surface area contributed by atoms with Crippen LogP contribution in [0.15, 0.2) is 11.6 Å². The van der Waals surface area contributed by atoms with Crippen LogP contribution >= 0.6 is 0 Å². The number of allylic oxidation sites excluding steroid dienone is 2. The Morgan fingerprint density at radius 3 is 1.85 bits per heavy atom. The Hall–Kier alpha value is -2.07. The highest BCUT2D eigenvalue weighted by Crippen LogP contribution is 2.75. The fourth-order valence-corrected chi connectivity index (χ4v) is 19.8. The minimum absolute atomic E-state index is 0.0405. The number of esters is 1. The summed E-state index contributed by atoms with van der Waals surface area (Å²) in [7, 11) is 0. The van der Waals surface area contributed by atoms with E-state index in [1.165, 1.54) is 13.8 Å². The predicted octanol–water partition coefficient (Wildman–Crippen LogP) is -7.52. The van der Waals surface area contributed by atoms with Crippen LogP contribution < -0.4 is 0 Å². The zero-order valence-electron chi connectivity index (χ0n) is 56.6. The van der Waals surface area contributed by atoms with E-state index in [0.717, 1.165) is 5.57 Å². The van der Waals surface area contributed by atoms with Crippen molar-refractivity contribution in [2.45, 2.75) is 296 Å². The quantitative estimate of drug-likeness (QED) is 0.0313. The van der Waals surface area contributed by atoms with Crippen molar-refractivity contribution in [2.24, 2.45) is 56.7 Å². The third-order valence-electron chi connectivity index (χ3n) is 25.7. The van der Waals surface area contributed by atoms with Gasteiger partial charge in [0.05, 0.1) is 57.3 Å². The maximum Gasteiger partial charge on any atom is 0.357 e. The van der Waals surface area contributed by atoms with Crippen LogP contribution in [-0.4, -0.2) is 334 Å². The molecule has 0 radical (unpaired) electrons. The van der Waals surface area contributed by atoms with Crippen molar-refractivity contribution in [1.82, 2.24) is 0 Å². The van der Waals surface area contributed by atoms with E-state index < -0.39 is 261 Å². The van der Waals surface area contributed by atoms with Crippen LogP contribution in [0.1, 0.15) is 113 Å². The summed E-state index contributed by atoms with van der Waals surface area (Å²) in [6, 6.07) is 0. The third-order valence-corrected chi connectivity index (χ3v) is 25.7. The topological polar surface area (TPSA) is 564 Å². The first kappa shape index (κ1) is 78.0. The average Bonchev–Trinajstić information content (AvgIpc) is 0.678. The van der Waals surface area contributed by atoms with E-state index in [4.69, 9.17) is 52.1 Å². The summed E-state index contributed by atoms with van der Waals surface area (Å²) >= 11 is 0. The van der Waals surface area contributed by atoms with Crippen molar-refractivity contribution in [2.75, 3.05) is 33.0 Å². The molecule has 99 heavy (non-hydrogen) atoms. The van der Waals surface area contributed by atoms with Crippen LogP contribution in [0.5, 0.6) is 0 Å². The molecule has 11 rings (SSSR count). The lowest BCUT2D eigenvalue weighted by Crippen LogP contribution is -2.75. The number of aliphatic hydroxyl groups is 22. The SMILES string of the molecule is CC1OC(OC2C(CO)OC(O)(OCC3OC(O)(OC(=O)C4CC(C)(C)CC5C6=CCC7C8(C)CCC(OC9(C%10OCC(O)C(O)C%10O)OC(C)C(O)C(O)C9O)C(C)(CO)C8CCC7(C)C6(C)CCC45)C(OC4(O)OC(CO)C(O)C(O)C4O)C(O)C3O)C(O)C2O)C(O)C(O)C1O. The molecule has 39 atom stereocenters. The Labute approximate surface area is 570 Å². The average molecular weight is 1430 g/mol. The van der Waals surface area contributed by atoms with Gasteiger partial charge in [-0.25, -0.2) is 0 Å². The lowest BCUT2D eigenvalue weighted by molar-refractivity contribution is -0.516. The fraction of sp³-hybridized carbons (Fsp3) is 0.954. The van der Waals surface area contributed by atoms with Gasteiger partial charge in [-0.1, -0.05) is 53.2 Å². The van der Waals surface area contributed by atoms with Crippen LogP contribution in [0.2, 0.25) is 0 Å². The summed E-state index contributed by atoms with van der Waals surface area (Å²) in [4.78, 5) is 15.4. The molecule has 0 aromatic carbocycles. The predicted molar refractivity (Wildman–Crippen MR) is 324 cm³/mol. The highest BCUT2D eigenvalue weighted by Gasteiger charge is 2.72. The molecular formula is C65H106O34. The van der Waals surface area contributed by atoms with Gasteiger partial charge >= 0.3 is 23.9 Å². The minimum atomic E-state index is -3.73. The van der Waals surface area contributed by atoms with Gasteiger partial charge in [-0.15, -0.1) is 0 Å². The van der Waals surface area contributed by atoms with Gasteiger partial charge in [0.2, 0.25) is 5.79 Å². The van der Waals surface area contributed by atoms with E-state index in [1.807, 2.05) is 20.8 Å². The van der Waals surface area contributed by atoms with Gasteiger partial charge in [0.15, 0.2) is 24.6 Å². The number of hydrogen-bond donors (Lipinski definition) is 22. The first-order valence-electron chi connectivity index (χ1n) is 34.5. The van der Waals surface area contributed by atoms with Crippen molar-refractivity contribution in [1.29, 1.82) is 0 Å².